The van der Waals surface area contributed by atoms with Crippen LogP contribution < -0.4 is 16.0 Å². The van der Waals surface area contributed by atoms with E-state index in [1.807, 2.05) is 38.1 Å². The summed E-state index contributed by atoms with van der Waals surface area (Å²) in [5.74, 6) is -1.82. The molecular formula is C21H25N3O3. The second-order valence-corrected chi connectivity index (χ2v) is 6.22. The highest BCUT2D eigenvalue weighted by Gasteiger charge is 2.17. The number of benzene rings is 2. The average molecular weight is 367 g/mol. The highest BCUT2D eigenvalue weighted by atomic mass is 16.2. The third-order valence-electron chi connectivity index (χ3n) is 4.14. The molecule has 27 heavy (non-hydrogen) atoms. The molecule has 0 aliphatic carbocycles. The van der Waals surface area contributed by atoms with Gasteiger partial charge >= 0.3 is 11.8 Å². The van der Waals surface area contributed by atoms with Crippen LogP contribution in [0.25, 0.3) is 0 Å². The Kier molecular flexibility index (Phi) is 7.55. The van der Waals surface area contributed by atoms with Crippen LogP contribution in [0.2, 0.25) is 0 Å². The Balaban J connectivity index is 2.01. The number of amides is 3. The van der Waals surface area contributed by atoms with E-state index in [2.05, 4.69) is 16.0 Å². The molecule has 2 aromatic rings. The van der Waals surface area contributed by atoms with Gasteiger partial charge in [-0.25, -0.2) is 0 Å². The SMILES string of the molecule is CCCCNC(=O)C(=O)Nc1ccccc1C(=O)NCc1ccccc1C. The standard InChI is InChI=1S/C21H25N3O3/c1-3-4-13-22-20(26)21(27)24-18-12-8-7-11-17(18)19(25)23-14-16-10-6-5-9-15(16)2/h5-12H,3-4,13-14H2,1-2H3,(H,22,26)(H,23,25)(H,24,27). The molecule has 0 saturated carbocycles. The van der Waals surface area contributed by atoms with Crippen LogP contribution in [0.3, 0.4) is 0 Å². The lowest BCUT2D eigenvalue weighted by Gasteiger charge is -2.12. The van der Waals surface area contributed by atoms with Crippen molar-refractivity contribution in [3.63, 3.8) is 0 Å². The van der Waals surface area contributed by atoms with E-state index in [-0.39, 0.29) is 5.91 Å². The van der Waals surface area contributed by atoms with Gasteiger partial charge in [-0.2, -0.15) is 0 Å². The summed E-state index contributed by atoms with van der Waals surface area (Å²) in [4.78, 5) is 36.4. The first-order valence-corrected chi connectivity index (χ1v) is 9.03. The number of hydrogen-bond donors (Lipinski definition) is 3. The number of anilines is 1. The maximum atomic E-state index is 12.5. The van der Waals surface area contributed by atoms with Gasteiger partial charge in [-0.05, 0) is 36.6 Å². The Morgan fingerprint density at radius 3 is 2.33 bits per heavy atom. The quantitative estimate of drug-likeness (QED) is 0.519. The summed E-state index contributed by atoms with van der Waals surface area (Å²) in [7, 11) is 0. The predicted octanol–water partition coefficient (Wildman–Crippen LogP) is 2.78. The molecule has 142 valence electrons. The van der Waals surface area contributed by atoms with Crippen molar-refractivity contribution in [1.29, 1.82) is 0 Å². The second-order valence-electron chi connectivity index (χ2n) is 6.22. The van der Waals surface area contributed by atoms with Gasteiger partial charge in [0.15, 0.2) is 0 Å². The van der Waals surface area contributed by atoms with Gasteiger partial charge in [0.2, 0.25) is 0 Å². The number of unbranched alkanes of at least 4 members (excludes halogenated alkanes) is 1. The van der Waals surface area contributed by atoms with Crippen LogP contribution in [0.15, 0.2) is 48.5 Å². The monoisotopic (exact) mass is 367 g/mol. The first-order valence-electron chi connectivity index (χ1n) is 9.03. The number of rotatable bonds is 7. The number of para-hydroxylation sites is 1. The van der Waals surface area contributed by atoms with Gasteiger partial charge < -0.3 is 16.0 Å². The minimum absolute atomic E-state index is 0.301. The molecule has 2 rings (SSSR count). The average Bonchev–Trinajstić information content (AvgIpc) is 2.67. The van der Waals surface area contributed by atoms with Gasteiger partial charge in [-0.3, -0.25) is 14.4 Å². The van der Waals surface area contributed by atoms with Crippen molar-refractivity contribution >= 4 is 23.4 Å². The molecule has 0 aromatic heterocycles. The normalized spacial score (nSPS) is 10.1. The summed E-state index contributed by atoms with van der Waals surface area (Å²) >= 11 is 0. The Hall–Kier alpha value is -3.15. The molecule has 0 bridgehead atoms. The summed E-state index contributed by atoms with van der Waals surface area (Å²) in [6.07, 6.45) is 1.72. The van der Waals surface area contributed by atoms with Gasteiger partial charge in [-0.15, -0.1) is 0 Å². The molecule has 0 unspecified atom stereocenters. The van der Waals surface area contributed by atoms with Gasteiger partial charge in [0.25, 0.3) is 5.91 Å². The predicted molar refractivity (Wildman–Crippen MR) is 105 cm³/mol. The first-order chi connectivity index (χ1) is 13.0. The molecule has 0 aliphatic heterocycles. The smallest absolute Gasteiger partial charge is 0.313 e. The van der Waals surface area contributed by atoms with E-state index in [0.29, 0.717) is 24.3 Å². The molecule has 0 aliphatic rings. The van der Waals surface area contributed by atoms with Crippen molar-refractivity contribution in [2.75, 3.05) is 11.9 Å². The molecule has 6 heteroatoms. The Morgan fingerprint density at radius 1 is 0.889 bits per heavy atom. The zero-order chi connectivity index (χ0) is 19.6. The van der Waals surface area contributed by atoms with E-state index in [0.717, 1.165) is 24.0 Å². The highest BCUT2D eigenvalue weighted by Crippen LogP contribution is 2.15. The third kappa shape index (κ3) is 5.95. The zero-order valence-corrected chi connectivity index (χ0v) is 15.7. The van der Waals surface area contributed by atoms with Crippen LogP contribution in [-0.4, -0.2) is 24.3 Å². The summed E-state index contributed by atoms with van der Waals surface area (Å²) in [6, 6.07) is 14.4. The number of carbonyl (C=O) groups is 3. The van der Waals surface area contributed by atoms with Crippen LogP contribution in [0.1, 0.15) is 41.3 Å². The summed E-state index contributed by atoms with van der Waals surface area (Å²) in [5, 5.41) is 7.92. The number of aryl methyl sites for hydroxylation is 1. The summed E-state index contributed by atoms with van der Waals surface area (Å²) < 4.78 is 0. The van der Waals surface area contributed by atoms with Crippen LogP contribution in [0.5, 0.6) is 0 Å². The molecule has 3 amide bonds. The largest absolute Gasteiger partial charge is 0.348 e. The van der Waals surface area contributed by atoms with Crippen LogP contribution in [0.4, 0.5) is 5.69 Å². The molecule has 0 atom stereocenters. The number of nitrogens with one attached hydrogen (secondary N) is 3. The Morgan fingerprint density at radius 2 is 1.59 bits per heavy atom. The highest BCUT2D eigenvalue weighted by molar-refractivity contribution is 6.40. The van der Waals surface area contributed by atoms with E-state index in [4.69, 9.17) is 0 Å². The van der Waals surface area contributed by atoms with Gasteiger partial charge in [0.1, 0.15) is 0 Å². The molecular weight excluding hydrogens is 342 g/mol. The van der Waals surface area contributed by atoms with Crippen molar-refractivity contribution in [1.82, 2.24) is 10.6 Å². The second kappa shape index (κ2) is 10.1. The lowest BCUT2D eigenvalue weighted by molar-refractivity contribution is -0.136. The molecule has 0 fully saturated rings. The van der Waals surface area contributed by atoms with Crippen LogP contribution in [0, 0.1) is 6.92 Å². The van der Waals surface area contributed by atoms with Crippen LogP contribution in [-0.2, 0) is 16.1 Å². The maximum absolute atomic E-state index is 12.5. The number of hydrogen-bond acceptors (Lipinski definition) is 3. The molecule has 0 heterocycles. The fourth-order valence-electron chi connectivity index (χ4n) is 2.51. The van der Waals surface area contributed by atoms with E-state index in [1.54, 1.807) is 24.3 Å². The third-order valence-corrected chi connectivity index (χ3v) is 4.14. The van der Waals surface area contributed by atoms with E-state index >= 15 is 0 Å². The fourth-order valence-corrected chi connectivity index (χ4v) is 2.51. The fraction of sp³-hybridized carbons (Fsp3) is 0.286. The summed E-state index contributed by atoms with van der Waals surface area (Å²) in [6.45, 7) is 4.80. The molecule has 0 saturated heterocycles. The molecule has 0 spiro atoms. The molecule has 2 aromatic carbocycles. The minimum Gasteiger partial charge on any atom is -0.348 e. The minimum atomic E-state index is -0.787. The lowest BCUT2D eigenvalue weighted by Crippen LogP contribution is -2.36. The van der Waals surface area contributed by atoms with Gasteiger partial charge in [0, 0.05) is 13.1 Å². The van der Waals surface area contributed by atoms with E-state index in [1.165, 1.54) is 0 Å². The maximum Gasteiger partial charge on any atom is 0.313 e. The zero-order valence-electron chi connectivity index (χ0n) is 15.7. The summed E-state index contributed by atoms with van der Waals surface area (Å²) in [5.41, 5.74) is 2.71. The number of carbonyl (C=O) groups excluding carboxylic acids is 3. The lowest BCUT2D eigenvalue weighted by atomic mass is 10.1. The first kappa shape index (κ1) is 20.2. The molecule has 0 radical (unpaired) electrons. The van der Waals surface area contributed by atoms with Crippen molar-refractivity contribution in [2.45, 2.75) is 33.2 Å². The Bertz CT molecular complexity index is 818. The Labute approximate surface area is 159 Å². The van der Waals surface area contributed by atoms with Gasteiger partial charge in [-0.1, -0.05) is 49.7 Å². The van der Waals surface area contributed by atoms with E-state index < -0.39 is 11.8 Å². The molecule has 6 nitrogen and oxygen atoms in total. The van der Waals surface area contributed by atoms with Crippen molar-refractivity contribution in [2.24, 2.45) is 0 Å². The van der Waals surface area contributed by atoms with Crippen molar-refractivity contribution in [3.8, 4) is 0 Å². The van der Waals surface area contributed by atoms with Crippen molar-refractivity contribution < 1.29 is 14.4 Å². The van der Waals surface area contributed by atoms with E-state index in [9.17, 15) is 14.4 Å². The van der Waals surface area contributed by atoms with Crippen LogP contribution >= 0.6 is 0 Å². The topological polar surface area (TPSA) is 87.3 Å². The molecule has 3 N–H and O–H groups in total. The van der Waals surface area contributed by atoms with Crippen molar-refractivity contribution in [3.05, 3.63) is 65.2 Å². The van der Waals surface area contributed by atoms with Gasteiger partial charge in [0.05, 0.1) is 11.3 Å².